The minimum absolute atomic E-state index is 0.746. The lowest BCUT2D eigenvalue weighted by molar-refractivity contribution is 0.523. The number of hydrazine groups is 1. The molecule has 0 fully saturated rings. The molecule has 0 heterocycles. The first-order valence-corrected chi connectivity index (χ1v) is 5.60. The van der Waals surface area contributed by atoms with Crippen LogP contribution in [0, 0.1) is 0 Å². The van der Waals surface area contributed by atoms with Crippen molar-refractivity contribution in [1.82, 2.24) is 4.41 Å². The van der Waals surface area contributed by atoms with Crippen molar-refractivity contribution in [3.63, 3.8) is 0 Å². The van der Waals surface area contributed by atoms with E-state index in [1.165, 1.54) is 7.05 Å². The Morgan fingerprint density at radius 3 is 2.23 bits per heavy atom. The molecule has 0 saturated heterocycles. The number of rotatable bonds is 3. The average Bonchev–Trinajstić information content (AvgIpc) is 2.04. The lowest BCUT2D eigenvalue weighted by Gasteiger charge is -2.16. The topological polar surface area (TPSA) is 49.4 Å². The minimum Gasteiger partial charge on any atom is -0.306 e. The van der Waals surface area contributed by atoms with E-state index in [2.05, 4.69) is 5.43 Å². The molecule has 0 saturated carbocycles. The summed E-state index contributed by atoms with van der Waals surface area (Å²) < 4.78 is 23.1. The van der Waals surface area contributed by atoms with Crippen LogP contribution >= 0.6 is 0 Å². The zero-order valence-electron chi connectivity index (χ0n) is 7.56. The Bertz CT molecular complexity index is 361. The molecular weight excluding hydrogens is 188 g/mol. The Balaban J connectivity index is 2.72. The van der Waals surface area contributed by atoms with Gasteiger partial charge in [-0.2, -0.15) is 0 Å². The van der Waals surface area contributed by atoms with Crippen molar-refractivity contribution in [1.29, 1.82) is 0 Å². The van der Waals surface area contributed by atoms with Crippen LogP contribution < -0.4 is 5.43 Å². The highest BCUT2D eigenvalue weighted by Gasteiger charge is 2.09. The third kappa shape index (κ3) is 3.04. The lowest BCUT2D eigenvalue weighted by Crippen LogP contribution is -2.31. The van der Waals surface area contributed by atoms with E-state index in [1.54, 1.807) is 12.1 Å². The predicted molar refractivity (Wildman–Crippen MR) is 52.7 cm³/mol. The molecule has 0 atom stereocenters. The average molecular weight is 200 g/mol. The number of anilines is 1. The quantitative estimate of drug-likeness (QED) is 0.738. The smallest absolute Gasteiger partial charge is 0.227 e. The van der Waals surface area contributed by atoms with E-state index in [1.807, 2.05) is 18.2 Å². The van der Waals surface area contributed by atoms with Gasteiger partial charge in [0.05, 0.1) is 11.9 Å². The molecule has 0 amide bonds. The molecule has 4 nitrogen and oxygen atoms in total. The van der Waals surface area contributed by atoms with E-state index in [4.69, 9.17) is 0 Å². The summed E-state index contributed by atoms with van der Waals surface area (Å²) in [5, 5.41) is 0. The van der Waals surface area contributed by atoms with Gasteiger partial charge in [-0.1, -0.05) is 18.2 Å². The van der Waals surface area contributed by atoms with Gasteiger partial charge in [0.25, 0.3) is 0 Å². The summed E-state index contributed by atoms with van der Waals surface area (Å²) in [6.45, 7) is 0. The highest BCUT2D eigenvalue weighted by Crippen LogP contribution is 2.06. The van der Waals surface area contributed by atoms with Crippen LogP contribution in [0.25, 0.3) is 0 Å². The Morgan fingerprint density at radius 2 is 1.77 bits per heavy atom. The molecule has 0 unspecified atom stereocenters. The number of nitrogens with zero attached hydrogens (tertiary/aromatic N) is 1. The van der Waals surface area contributed by atoms with Crippen molar-refractivity contribution in [2.45, 2.75) is 0 Å². The Kier molecular flexibility index (Phi) is 2.90. The molecule has 0 aliphatic carbocycles. The molecule has 0 aliphatic heterocycles. The van der Waals surface area contributed by atoms with Crippen LogP contribution in [-0.4, -0.2) is 26.1 Å². The van der Waals surface area contributed by atoms with E-state index in [0.717, 1.165) is 16.4 Å². The molecule has 0 bridgehead atoms. The highest BCUT2D eigenvalue weighted by molar-refractivity contribution is 7.88. The van der Waals surface area contributed by atoms with Gasteiger partial charge in [-0.25, -0.2) is 8.42 Å². The molecule has 0 aliphatic rings. The van der Waals surface area contributed by atoms with Crippen molar-refractivity contribution in [3.8, 4) is 0 Å². The molecule has 0 radical (unpaired) electrons. The number of para-hydroxylation sites is 1. The summed E-state index contributed by atoms with van der Waals surface area (Å²) in [5.74, 6) is 0. The highest BCUT2D eigenvalue weighted by atomic mass is 32.2. The van der Waals surface area contributed by atoms with Crippen LogP contribution in [0.4, 0.5) is 5.69 Å². The maximum absolute atomic E-state index is 11.0. The van der Waals surface area contributed by atoms with Crippen LogP contribution in [0.1, 0.15) is 0 Å². The van der Waals surface area contributed by atoms with E-state index >= 15 is 0 Å². The van der Waals surface area contributed by atoms with E-state index < -0.39 is 10.0 Å². The number of hydrogen-bond donors (Lipinski definition) is 1. The molecule has 0 aromatic heterocycles. The molecule has 1 aromatic rings. The van der Waals surface area contributed by atoms with E-state index in [-0.39, 0.29) is 0 Å². The minimum atomic E-state index is -3.18. The summed E-state index contributed by atoms with van der Waals surface area (Å²) >= 11 is 0. The van der Waals surface area contributed by atoms with Gasteiger partial charge >= 0.3 is 0 Å². The monoisotopic (exact) mass is 200 g/mol. The van der Waals surface area contributed by atoms with Gasteiger partial charge in [0.15, 0.2) is 0 Å². The predicted octanol–water partition coefficient (Wildman–Crippen LogP) is 0.905. The number of hydrogen-bond acceptors (Lipinski definition) is 3. The van der Waals surface area contributed by atoms with Crippen molar-refractivity contribution in [3.05, 3.63) is 30.3 Å². The fraction of sp³-hybridized carbons (Fsp3) is 0.250. The molecule has 1 aromatic carbocycles. The maximum Gasteiger partial charge on any atom is 0.227 e. The van der Waals surface area contributed by atoms with Crippen LogP contribution in [0.5, 0.6) is 0 Å². The second-order valence-corrected chi connectivity index (χ2v) is 4.72. The van der Waals surface area contributed by atoms with Crippen LogP contribution in [-0.2, 0) is 10.0 Å². The normalized spacial score (nSPS) is 11.6. The largest absolute Gasteiger partial charge is 0.306 e. The molecule has 72 valence electrons. The van der Waals surface area contributed by atoms with Gasteiger partial charge in [-0.05, 0) is 12.1 Å². The molecule has 0 spiro atoms. The third-order valence-corrected chi connectivity index (χ3v) is 2.64. The first-order chi connectivity index (χ1) is 6.00. The third-order valence-electron chi connectivity index (χ3n) is 1.56. The van der Waals surface area contributed by atoms with Crippen molar-refractivity contribution in [2.24, 2.45) is 0 Å². The fourth-order valence-electron chi connectivity index (χ4n) is 0.777. The summed E-state index contributed by atoms with van der Waals surface area (Å²) in [7, 11) is -1.72. The van der Waals surface area contributed by atoms with Gasteiger partial charge in [0.1, 0.15) is 0 Å². The van der Waals surface area contributed by atoms with Crippen LogP contribution in [0.3, 0.4) is 0 Å². The number of nitrogens with one attached hydrogen (secondary N) is 1. The zero-order chi connectivity index (χ0) is 9.90. The first-order valence-electron chi connectivity index (χ1n) is 3.76. The maximum atomic E-state index is 11.0. The standard InChI is InChI=1S/C8H12N2O2S/c1-10(13(2,11)12)9-8-6-4-3-5-7-8/h3-7,9H,1-2H3. The molecule has 1 rings (SSSR count). The van der Waals surface area contributed by atoms with Crippen LogP contribution in [0.15, 0.2) is 30.3 Å². The van der Waals surface area contributed by atoms with Gasteiger partial charge in [-0.15, -0.1) is 4.41 Å². The Labute approximate surface area is 78.2 Å². The Morgan fingerprint density at radius 1 is 1.23 bits per heavy atom. The van der Waals surface area contributed by atoms with Gasteiger partial charge in [-0.3, -0.25) is 0 Å². The fourth-order valence-corrected chi connectivity index (χ4v) is 1.05. The molecule has 5 heteroatoms. The summed E-state index contributed by atoms with van der Waals surface area (Å²) in [6.07, 6.45) is 1.14. The lowest BCUT2D eigenvalue weighted by atomic mass is 10.3. The molecule has 13 heavy (non-hydrogen) atoms. The molecular formula is C8H12N2O2S. The number of sulfonamides is 1. The number of benzene rings is 1. The summed E-state index contributed by atoms with van der Waals surface area (Å²) in [5.41, 5.74) is 3.47. The van der Waals surface area contributed by atoms with Crippen LogP contribution in [0.2, 0.25) is 0 Å². The Hall–Kier alpha value is -1.07. The van der Waals surface area contributed by atoms with E-state index in [0.29, 0.717) is 0 Å². The van der Waals surface area contributed by atoms with Gasteiger partial charge < -0.3 is 5.43 Å². The van der Waals surface area contributed by atoms with Crippen molar-refractivity contribution < 1.29 is 8.42 Å². The van der Waals surface area contributed by atoms with Crippen molar-refractivity contribution in [2.75, 3.05) is 18.7 Å². The zero-order valence-corrected chi connectivity index (χ0v) is 8.38. The SMILES string of the molecule is CN(Nc1ccccc1)S(C)(=O)=O. The molecule has 1 N–H and O–H groups in total. The second kappa shape index (κ2) is 3.76. The van der Waals surface area contributed by atoms with E-state index in [9.17, 15) is 8.42 Å². The summed E-state index contributed by atoms with van der Waals surface area (Å²) in [6, 6.07) is 9.12. The first kappa shape index (κ1) is 10.0. The van der Waals surface area contributed by atoms with Gasteiger partial charge in [0, 0.05) is 7.05 Å². The second-order valence-electron chi connectivity index (χ2n) is 2.71. The summed E-state index contributed by atoms with van der Waals surface area (Å²) in [4.78, 5) is 0. The van der Waals surface area contributed by atoms with Gasteiger partial charge in [0.2, 0.25) is 10.0 Å². The van der Waals surface area contributed by atoms with Crippen molar-refractivity contribution >= 4 is 15.7 Å².